The van der Waals surface area contributed by atoms with Crippen LogP contribution in [0.15, 0.2) is 49.6 Å². The van der Waals surface area contributed by atoms with E-state index in [0.29, 0.717) is 31.2 Å². The number of nitrogens with zero attached hydrogens (tertiary/aromatic N) is 5. The fourth-order valence-corrected chi connectivity index (χ4v) is 7.96. The Balaban J connectivity index is 1.55. The molecular weight excluding hydrogens is 618 g/mol. The smallest absolute Gasteiger partial charge is 0.312 e. The number of rotatable bonds is 14. The number of fused-ring (bicyclic) bond motifs is 2. The molecule has 3 aliphatic rings. The van der Waals surface area contributed by atoms with E-state index in [4.69, 9.17) is 9.47 Å². The Hall–Kier alpha value is -3.09. The fourth-order valence-electron chi connectivity index (χ4n) is 7.01. The van der Waals surface area contributed by atoms with Gasteiger partial charge in [-0.05, 0) is 37.3 Å². The summed E-state index contributed by atoms with van der Waals surface area (Å²) in [5.41, 5.74) is 0.171. The van der Waals surface area contributed by atoms with Crippen molar-refractivity contribution in [1.82, 2.24) is 24.8 Å². The molecule has 0 aliphatic carbocycles. The molecule has 4 heterocycles. The first-order valence-electron chi connectivity index (χ1n) is 14.9. The van der Waals surface area contributed by atoms with Gasteiger partial charge in [0.1, 0.15) is 23.8 Å². The summed E-state index contributed by atoms with van der Waals surface area (Å²) in [5, 5.41) is 19.1. The molecule has 11 nitrogen and oxygen atoms in total. The predicted octanol–water partition coefficient (Wildman–Crippen LogP) is 3.07. The summed E-state index contributed by atoms with van der Waals surface area (Å²) in [4.78, 5) is 45.6. The summed E-state index contributed by atoms with van der Waals surface area (Å²) in [7, 11) is 0. The summed E-state index contributed by atoms with van der Waals surface area (Å²) >= 11 is 3.70. The average molecular weight is 659 g/mol. The Morgan fingerprint density at radius 1 is 1.33 bits per heavy atom. The van der Waals surface area contributed by atoms with E-state index in [0.717, 1.165) is 5.52 Å². The van der Waals surface area contributed by atoms with Gasteiger partial charge in [-0.25, -0.2) is 4.68 Å². The lowest BCUT2D eigenvalue weighted by molar-refractivity contribution is -0.157. The van der Waals surface area contributed by atoms with Gasteiger partial charge in [-0.3, -0.25) is 14.4 Å². The molecule has 1 spiro atoms. The number of allylic oxidation sites excluding steroid dienone is 1. The van der Waals surface area contributed by atoms with Crippen LogP contribution < -0.4 is 0 Å². The van der Waals surface area contributed by atoms with Crippen LogP contribution in [0.2, 0.25) is 0 Å². The van der Waals surface area contributed by atoms with E-state index in [-0.39, 0.29) is 49.0 Å². The number of para-hydroxylation sites is 1. The van der Waals surface area contributed by atoms with Crippen molar-refractivity contribution >= 4 is 44.7 Å². The van der Waals surface area contributed by atoms with Crippen LogP contribution in [0.4, 0.5) is 0 Å². The molecule has 0 saturated carbocycles. The lowest BCUT2D eigenvalue weighted by atomic mass is 9.70. The lowest BCUT2D eigenvalue weighted by Gasteiger charge is -2.40. The van der Waals surface area contributed by atoms with E-state index >= 15 is 0 Å². The first-order valence-corrected chi connectivity index (χ1v) is 15.9. The molecule has 43 heavy (non-hydrogen) atoms. The van der Waals surface area contributed by atoms with Crippen LogP contribution >= 0.6 is 15.9 Å². The molecule has 3 fully saturated rings. The summed E-state index contributed by atoms with van der Waals surface area (Å²) in [6, 6.07) is 5.73. The Kier molecular flexibility index (Phi) is 9.38. The Morgan fingerprint density at radius 2 is 2.09 bits per heavy atom. The number of benzene rings is 1. The number of carbonyl (C=O) groups is 3. The van der Waals surface area contributed by atoms with Crippen molar-refractivity contribution in [2.75, 3.05) is 19.8 Å². The van der Waals surface area contributed by atoms with E-state index < -0.39 is 41.6 Å². The maximum Gasteiger partial charge on any atom is 0.312 e. The largest absolute Gasteiger partial charge is 0.465 e. The number of carbonyl (C=O) groups excluding carboxylic acids is 3. The number of aromatic nitrogens is 3. The maximum absolute atomic E-state index is 14.8. The number of hydrogen-bond acceptors (Lipinski definition) is 8. The van der Waals surface area contributed by atoms with Crippen molar-refractivity contribution in [2.45, 2.75) is 74.8 Å². The predicted molar refractivity (Wildman–Crippen MR) is 163 cm³/mol. The second kappa shape index (κ2) is 12.9. The first kappa shape index (κ1) is 31.3. The minimum atomic E-state index is -1.28. The molecule has 232 valence electrons. The molecule has 3 aliphatic heterocycles. The molecule has 8 atom stereocenters. The zero-order chi connectivity index (χ0) is 30.9. The highest BCUT2D eigenvalue weighted by atomic mass is 79.9. The molecule has 3 saturated heterocycles. The van der Waals surface area contributed by atoms with Crippen molar-refractivity contribution in [3.05, 3.63) is 49.6 Å². The Bertz CT molecular complexity index is 1380. The summed E-state index contributed by atoms with van der Waals surface area (Å²) in [6.45, 7) is 11.6. The lowest BCUT2D eigenvalue weighted by Crippen LogP contribution is -2.60. The van der Waals surface area contributed by atoms with E-state index in [1.807, 2.05) is 38.1 Å². The number of amides is 2. The van der Waals surface area contributed by atoms with E-state index in [9.17, 15) is 19.5 Å². The standard InChI is InChI=1S/C31H40BrN5O6/c1-5-8-11-15-42-30(41)24-25-28(39)37(23(17-38)19(4)7-3)27(31(25)16-20(32)26(24)43-31)29(40)35(14-6-2)18-36-22-13-10-9-12-21(22)33-34-36/h5-6,9-10,12-13,19-20,23-27,38H,1-2,7-8,11,14-18H2,3-4H3/t19-,20?,23-,24-,25-,26-,27?,31?/m0/s1. The molecule has 2 aromatic rings. The number of aliphatic hydroxyl groups is 1. The highest BCUT2D eigenvalue weighted by Gasteiger charge is 2.77. The number of aliphatic hydroxyl groups excluding tert-OH is 1. The molecule has 1 N–H and O–H groups in total. The van der Waals surface area contributed by atoms with Crippen LogP contribution in [0.3, 0.4) is 0 Å². The number of halogens is 1. The molecule has 5 rings (SSSR count). The number of alkyl halides is 1. The number of esters is 1. The topological polar surface area (TPSA) is 127 Å². The van der Waals surface area contributed by atoms with Gasteiger partial charge in [-0.15, -0.1) is 18.3 Å². The first-order chi connectivity index (χ1) is 20.7. The van der Waals surface area contributed by atoms with Crippen molar-refractivity contribution in [1.29, 1.82) is 0 Å². The van der Waals surface area contributed by atoms with Crippen LogP contribution in [-0.2, 0) is 30.5 Å². The zero-order valence-electron chi connectivity index (χ0n) is 24.7. The maximum atomic E-state index is 14.8. The second-order valence-electron chi connectivity index (χ2n) is 11.7. The van der Waals surface area contributed by atoms with Crippen LogP contribution in [-0.4, -0.2) is 96.1 Å². The summed E-state index contributed by atoms with van der Waals surface area (Å²) in [6.07, 6.45) is 5.10. The van der Waals surface area contributed by atoms with Gasteiger partial charge in [-0.1, -0.05) is 65.7 Å². The third kappa shape index (κ3) is 5.31. The number of hydrogen-bond donors (Lipinski definition) is 1. The molecule has 2 bridgehead atoms. The highest BCUT2D eigenvalue weighted by molar-refractivity contribution is 9.09. The molecule has 2 amide bonds. The van der Waals surface area contributed by atoms with Crippen molar-refractivity contribution in [3.8, 4) is 0 Å². The average Bonchev–Trinajstić information content (AvgIpc) is 3.72. The third-order valence-electron chi connectivity index (χ3n) is 9.26. The molecular formula is C31H40BrN5O6. The monoisotopic (exact) mass is 657 g/mol. The van der Waals surface area contributed by atoms with Gasteiger partial charge >= 0.3 is 5.97 Å². The quantitative estimate of drug-likeness (QED) is 0.142. The molecule has 1 aromatic carbocycles. The third-order valence-corrected chi connectivity index (χ3v) is 10.1. The van der Waals surface area contributed by atoms with Gasteiger partial charge in [-0.2, -0.15) is 0 Å². The molecule has 0 radical (unpaired) electrons. The molecule has 1 aromatic heterocycles. The van der Waals surface area contributed by atoms with Gasteiger partial charge in [0.05, 0.1) is 42.7 Å². The van der Waals surface area contributed by atoms with E-state index in [1.54, 1.807) is 21.7 Å². The SMILES string of the molecule is C=CCCCOC(=O)[C@H]1[C@H]2C(=O)N([C@@H](CO)[C@@H](C)CC)C(C(=O)N(CC=C)Cn3nnc4ccccc43)C23CC(Br)[C@@H]1O3. The molecule has 12 heteroatoms. The van der Waals surface area contributed by atoms with Crippen LogP contribution in [0, 0.1) is 17.8 Å². The van der Waals surface area contributed by atoms with E-state index in [1.165, 1.54) is 4.90 Å². The van der Waals surface area contributed by atoms with Gasteiger partial charge < -0.3 is 24.4 Å². The van der Waals surface area contributed by atoms with Gasteiger partial charge in [0.25, 0.3) is 0 Å². The summed E-state index contributed by atoms with van der Waals surface area (Å²) < 4.78 is 13.9. The van der Waals surface area contributed by atoms with Crippen molar-refractivity contribution < 1.29 is 29.0 Å². The Morgan fingerprint density at radius 3 is 2.79 bits per heavy atom. The minimum absolute atomic E-state index is 0.0632. The molecule has 3 unspecified atom stereocenters. The zero-order valence-corrected chi connectivity index (χ0v) is 26.3. The second-order valence-corrected chi connectivity index (χ2v) is 12.9. The Labute approximate surface area is 260 Å². The number of ether oxygens (including phenoxy) is 2. The van der Waals surface area contributed by atoms with Crippen LogP contribution in [0.1, 0.15) is 39.5 Å². The minimum Gasteiger partial charge on any atom is -0.465 e. The van der Waals surface area contributed by atoms with Gasteiger partial charge in [0, 0.05) is 11.4 Å². The van der Waals surface area contributed by atoms with Crippen LogP contribution in [0.25, 0.3) is 11.0 Å². The normalized spacial score (nSPS) is 29.0. The fraction of sp³-hybridized carbons (Fsp3) is 0.581. The highest BCUT2D eigenvalue weighted by Crippen LogP contribution is 2.61. The van der Waals surface area contributed by atoms with E-state index in [2.05, 4.69) is 39.4 Å². The van der Waals surface area contributed by atoms with Crippen molar-refractivity contribution in [3.63, 3.8) is 0 Å². The van der Waals surface area contributed by atoms with Gasteiger partial charge in [0.2, 0.25) is 11.8 Å². The summed E-state index contributed by atoms with van der Waals surface area (Å²) in [5.74, 6) is -3.14. The number of unbranched alkanes of at least 4 members (excludes halogenated alkanes) is 1. The van der Waals surface area contributed by atoms with Crippen molar-refractivity contribution in [2.24, 2.45) is 17.8 Å². The van der Waals surface area contributed by atoms with Gasteiger partial charge in [0.15, 0.2) is 0 Å². The number of likely N-dealkylation sites (tertiary alicyclic amines) is 1. The van der Waals surface area contributed by atoms with Crippen LogP contribution in [0.5, 0.6) is 0 Å².